The summed E-state index contributed by atoms with van der Waals surface area (Å²) in [6, 6.07) is 10.7. The molecule has 0 aliphatic heterocycles. The summed E-state index contributed by atoms with van der Waals surface area (Å²) < 4.78 is 24.9. The number of carbonyl (C=O) groups excluding carboxylic acids is 1. The molecule has 8 heteroatoms. The summed E-state index contributed by atoms with van der Waals surface area (Å²) in [5, 5.41) is 8.88. The van der Waals surface area contributed by atoms with Crippen LogP contribution >= 0.6 is 23.2 Å². The molecule has 122 valence electrons. The smallest absolute Gasteiger partial charge is 0.247 e. The number of hydrogen-bond donors (Lipinski definition) is 2. The minimum absolute atomic E-state index is 0.00362. The molecule has 0 saturated heterocycles. The van der Waals surface area contributed by atoms with Gasteiger partial charge in [-0.25, -0.2) is 13.9 Å². The monoisotopic (exact) mass is 373 g/mol. The van der Waals surface area contributed by atoms with E-state index in [2.05, 4.69) is 0 Å². The lowest BCUT2D eigenvalue weighted by Crippen LogP contribution is -2.20. The number of halogens is 2. The lowest BCUT2D eigenvalue weighted by molar-refractivity contribution is -0.128. The van der Waals surface area contributed by atoms with Crippen molar-refractivity contribution in [3.05, 3.63) is 63.6 Å². The van der Waals surface area contributed by atoms with Crippen LogP contribution in [0.5, 0.6) is 0 Å². The number of sulfone groups is 1. The summed E-state index contributed by atoms with van der Waals surface area (Å²) >= 11 is 11.8. The van der Waals surface area contributed by atoms with Crippen LogP contribution in [0, 0.1) is 0 Å². The van der Waals surface area contributed by atoms with Gasteiger partial charge < -0.3 is 0 Å². The topological polar surface area (TPSA) is 83.5 Å². The molecule has 2 aromatic carbocycles. The van der Waals surface area contributed by atoms with Gasteiger partial charge in [-0.1, -0.05) is 47.5 Å². The molecular weight excluding hydrogens is 361 g/mol. The number of nitrogens with one attached hydrogen (secondary N) is 1. The molecule has 0 fully saturated rings. The van der Waals surface area contributed by atoms with Crippen LogP contribution in [0.15, 0.2) is 47.4 Å². The van der Waals surface area contributed by atoms with E-state index in [9.17, 15) is 13.2 Å². The van der Waals surface area contributed by atoms with E-state index >= 15 is 0 Å². The van der Waals surface area contributed by atoms with Gasteiger partial charge in [0.1, 0.15) is 0 Å². The first-order valence-corrected chi connectivity index (χ1v) is 8.91. The molecule has 0 heterocycles. The predicted molar refractivity (Wildman–Crippen MR) is 87.4 cm³/mol. The first kappa shape index (κ1) is 17.7. The summed E-state index contributed by atoms with van der Waals surface area (Å²) in [4.78, 5) is 11.0. The largest absolute Gasteiger partial charge is 0.289 e. The zero-order chi connectivity index (χ0) is 17.0. The minimum Gasteiger partial charge on any atom is -0.289 e. The molecule has 2 N–H and O–H groups in total. The third-order valence-corrected chi connectivity index (χ3v) is 5.50. The van der Waals surface area contributed by atoms with E-state index in [-0.39, 0.29) is 22.1 Å². The van der Waals surface area contributed by atoms with Gasteiger partial charge in [0.25, 0.3) is 0 Å². The summed E-state index contributed by atoms with van der Waals surface area (Å²) in [5.41, 5.74) is 2.74. The molecule has 5 nitrogen and oxygen atoms in total. The van der Waals surface area contributed by atoms with Crippen LogP contribution < -0.4 is 5.48 Å². The maximum atomic E-state index is 12.4. The average molecular weight is 374 g/mol. The Hall–Kier alpha value is -1.60. The Morgan fingerprint density at radius 2 is 1.65 bits per heavy atom. The van der Waals surface area contributed by atoms with Crippen LogP contribution in [0.4, 0.5) is 0 Å². The van der Waals surface area contributed by atoms with E-state index in [1.165, 1.54) is 23.7 Å². The number of rotatable bonds is 5. The molecular formula is C15H13Cl2NO4S. The van der Waals surface area contributed by atoms with Crippen LogP contribution in [0.1, 0.15) is 11.1 Å². The van der Waals surface area contributed by atoms with Crippen LogP contribution in [-0.4, -0.2) is 19.5 Å². The van der Waals surface area contributed by atoms with E-state index < -0.39 is 15.7 Å². The second-order valence-corrected chi connectivity index (χ2v) is 7.66. The molecule has 0 atom stereocenters. The zero-order valence-corrected chi connectivity index (χ0v) is 14.1. The van der Waals surface area contributed by atoms with E-state index in [0.717, 1.165) is 0 Å². The van der Waals surface area contributed by atoms with Crippen LogP contribution in [0.2, 0.25) is 10.0 Å². The van der Waals surface area contributed by atoms with Crippen molar-refractivity contribution in [3.8, 4) is 0 Å². The molecule has 0 spiro atoms. The minimum atomic E-state index is -3.64. The Morgan fingerprint density at radius 1 is 1.04 bits per heavy atom. The van der Waals surface area contributed by atoms with Crippen LogP contribution in [0.3, 0.4) is 0 Å². The number of amides is 1. The Kier molecular flexibility index (Phi) is 5.64. The Bertz CT molecular complexity index is 820. The van der Waals surface area contributed by atoms with Crippen LogP contribution in [0.25, 0.3) is 0 Å². The van der Waals surface area contributed by atoms with Gasteiger partial charge in [-0.05, 0) is 29.3 Å². The van der Waals surface area contributed by atoms with Crippen molar-refractivity contribution in [1.82, 2.24) is 5.48 Å². The molecule has 0 aliphatic carbocycles. The SMILES string of the molecule is O=C(Cc1ccc(CS(=O)(=O)c2cc(Cl)ccc2Cl)cc1)NO. The lowest BCUT2D eigenvalue weighted by Gasteiger charge is -2.08. The third-order valence-electron chi connectivity index (χ3n) is 3.10. The average Bonchev–Trinajstić information content (AvgIpc) is 2.51. The van der Waals surface area contributed by atoms with Crippen molar-refractivity contribution in [2.24, 2.45) is 0 Å². The standard InChI is InChI=1S/C15H13Cl2NO4S/c16-12-5-6-13(17)14(8-12)23(21,22)9-11-3-1-10(2-4-11)7-15(19)18-20/h1-6,8,20H,7,9H2,(H,18,19). The Balaban J connectivity index is 2.20. The number of hydroxylamine groups is 1. The van der Waals surface area contributed by atoms with Gasteiger partial charge in [0.05, 0.1) is 22.1 Å². The molecule has 2 rings (SSSR count). The lowest BCUT2D eigenvalue weighted by atomic mass is 10.1. The predicted octanol–water partition coefficient (Wildman–Crippen LogP) is 3.02. The quantitative estimate of drug-likeness (QED) is 0.623. The van der Waals surface area contributed by atoms with E-state index in [1.807, 2.05) is 0 Å². The number of benzene rings is 2. The van der Waals surface area contributed by atoms with Crippen LogP contribution in [-0.2, 0) is 26.8 Å². The highest BCUT2D eigenvalue weighted by Crippen LogP contribution is 2.27. The highest BCUT2D eigenvalue weighted by atomic mass is 35.5. The summed E-state index contributed by atoms with van der Waals surface area (Å²) in [7, 11) is -3.64. The molecule has 0 unspecified atom stereocenters. The Labute approximate surface area is 143 Å². The normalized spacial score (nSPS) is 11.3. The maximum Gasteiger partial charge on any atom is 0.247 e. The highest BCUT2D eigenvalue weighted by molar-refractivity contribution is 7.90. The van der Waals surface area contributed by atoms with Gasteiger partial charge >= 0.3 is 0 Å². The second kappa shape index (κ2) is 7.31. The number of carbonyl (C=O) groups is 1. The zero-order valence-electron chi connectivity index (χ0n) is 11.8. The molecule has 0 radical (unpaired) electrons. The fourth-order valence-corrected chi connectivity index (χ4v) is 4.16. The molecule has 1 amide bonds. The summed E-state index contributed by atoms with van der Waals surface area (Å²) in [5.74, 6) is -0.782. The maximum absolute atomic E-state index is 12.4. The first-order valence-electron chi connectivity index (χ1n) is 6.50. The number of hydrogen-bond acceptors (Lipinski definition) is 4. The van der Waals surface area contributed by atoms with Gasteiger partial charge in [0.2, 0.25) is 5.91 Å². The van der Waals surface area contributed by atoms with Gasteiger partial charge in [0, 0.05) is 5.02 Å². The van der Waals surface area contributed by atoms with Crippen molar-refractivity contribution >= 4 is 38.9 Å². The van der Waals surface area contributed by atoms with Gasteiger partial charge in [-0.2, -0.15) is 0 Å². The second-order valence-electron chi connectivity index (χ2n) is 4.86. The van der Waals surface area contributed by atoms with E-state index in [1.54, 1.807) is 24.3 Å². The molecule has 0 saturated carbocycles. The highest BCUT2D eigenvalue weighted by Gasteiger charge is 2.19. The summed E-state index contributed by atoms with van der Waals surface area (Å²) in [6.45, 7) is 0. The van der Waals surface area contributed by atoms with Crippen molar-refractivity contribution in [2.75, 3.05) is 0 Å². The van der Waals surface area contributed by atoms with Gasteiger partial charge in [-0.15, -0.1) is 0 Å². The molecule has 23 heavy (non-hydrogen) atoms. The van der Waals surface area contributed by atoms with Crippen molar-refractivity contribution in [2.45, 2.75) is 17.1 Å². The van der Waals surface area contributed by atoms with Crippen molar-refractivity contribution in [3.63, 3.8) is 0 Å². The fourth-order valence-electron chi connectivity index (χ4n) is 1.99. The van der Waals surface area contributed by atoms with Crippen molar-refractivity contribution < 1.29 is 18.4 Å². The Morgan fingerprint density at radius 3 is 2.26 bits per heavy atom. The van der Waals surface area contributed by atoms with Gasteiger partial charge in [0.15, 0.2) is 9.84 Å². The molecule has 0 bridgehead atoms. The first-order chi connectivity index (χ1) is 10.8. The molecule has 2 aromatic rings. The van der Waals surface area contributed by atoms with E-state index in [0.29, 0.717) is 16.1 Å². The molecule has 0 aromatic heterocycles. The van der Waals surface area contributed by atoms with Gasteiger partial charge in [-0.3, -0.25) is 10.0 Å². The molecule has 0 aliphatic rings. The van der Waals surface area contributed by atoms with E-state index in [4.69, 9.17) is 28.4 Å². The fraction of sp³-hybridized carbons (Fsp3) is 0.133. The van der Waals surface area contributed by atoms with Crippen molar-refractivity contribution in [1.29, 1.82) is 0 Å². The summed E-state index contributed by atoms with van der Waals surface area (Å²) in [6.07, 6.45) is 0.00362. The third kappa shape index (κ3) is 4.68.